The normalized spacial score (nSPS) is 13.2. The second-order valence-electron chi connectivity index (χ2n) is 5.14. The van der Waals surface area contributed by atoms with Gasteiger partial charge in [0.2, 0.25) is 0 Å². The van der Waals surface area contributed by atoms with Crippen LogP contribution >= 0.6 is 0 Å². The summed E-state index contributed by atoms with van der Waals surface area (Å²) in [6.45, 7) is 6.50. The van der Waals surface area contributed by atoms with Gasteiger partial charge in [0.25, 0.3) is 0 Å². The van der Waals surface area contributed by atoms with Crippen molar-refractivity contribution in [1.29, 1.82) is 0 Å². The first-order chi connectivity index (χ1) is 8.37. The van der Waals surface area contributed by atoms with Gasteiger partial charge in [0.15, 0.2) is 11.5 Å². The molecule has 1 rings (SSSR count). The molecule has 0 spiro atoms. The molecule has 0 radical (unpaired) electrons. The molecule has 0 aliphatic rings. The molecule has 1 aromatic carbocycles. The Labute approximate surface area is 109 Å². The van der Waals surface area contributed by atoms with Crippen LogP contribution in [0.2, 0.25) is 0 Å². The number of rotatable bonds is 5. The highest BCUT2D eigenvalue weighted by Gasteiger charge is 2.15. The van der Waals surface area contributed by atoms with Crippen LogP contribution in [0.25, 0.3) is 0 Å². The van der Waals surface area contributed by atoms with Crippen LogP contribution in [0.4, 0.5) is 0 Å². The predicted molar refractivity (Wildman–Crippen MR) is 72.2 cm³/mol. The van der Waals surface area contributed by atoms with Gasteiger partial charge in [-0.1, -0.05) is 6.07 Å². The van der Waals surface area contributed by atoms with Crippen molar-refractivity contribution in [3.05, 3.63) is 23.8 Å². The minimum atomic E-state index is -0.186. The Kier molecular flexibility index (Phi) is 4.99. The third-order valence-corrected chi connectivity index (χ3v) is 2.53. The molecule has 0 saturated carbocycles. The van der Waals surface area contributed by atoms with E-state index < -0.39 is 0 Å². The van der Waals surface area contributed by atoms with Crippen molar-refractivity contribution >= 4 is 0 Å². The van der Waals surface area contributed by atoms with E-state index in [-0.39, 0.29) is 11.6 Å². The first-order valence-electron chi connectivity index (χ1n) is 5.99. The lowest BCUT2D eigenvalue weighted by atomic mass is 10.1. The smallest absolute Gasteiger partial charge is 0.161 e. The summed E-state index contributed by atoms with van der Waals surface area (Å²) in [5, 5.41) is 0. The maximum atomic E-state index is 6.10. The fourth-order valence-corrected chi connectivity index (χ4v) is 1.52. The summed E-state index contributed by atoms with van der Waals surface area (Å²) in [4.78, 5) is 0. The monoisotopic (exact) mass is 253 g/mol. The van der Waals surface area contributed by atoms with Crippen LogP contribution in [0.3, 0.4) is 0 Å². The minimum absolute atomic E-state index is 0.177. The molecule has 4 nitrogen and oxygen atoms in total. The lowest BCUT2D eigenvalue weighted by Gasteiger charge is -2.23. The minimum Gasteiger partial charge on any atom is -0.493 e. The summed E-state index contributed by atoms with van der Waals surface area (Å²) in [6.07, 6.45) is 0. The molecule has 1 aromatic rings. The Hall–Kier alpha value is -1.26. The van der Waals surface area contributed by atoms with Crippen molar-refractivity contribution < 1.29 is 14.2 Å². The van der Waals surface area contributed by atoms with Crippen LogP contribution in [0.15, 0.2) is 18.2 Å². The lowest BCUT2D eigenvalue weighted by molar-refractivity contribution is -0.0102. The van der Waals surface area contributed by atoms with E-state index in [1.807, 2.05) is 39.0 Å². The molecule has 1 unspecified atom stereocenters. The number of benzene rings is 1. The molecule has 0 saturated heterocycles. The molecule has 4 heteroatoms. The molecule has 0 aromatic heterocycles. The molecule has 0 amide bonds. The molecule has 0 heterocycles. The van der Waals surface area contributed by atoms with Gasteiger partial charge in [-0.05, 0) is 38.5 Å². The van der Waals surface area contributed by atoms with Crippen LogP contribution < -0.4 is 15.2 Å². The third-order valence-electron chi connectivity index (χ3n) is 2.53. The van der Waals surface area contributed by atoms with E-state index in [4.69, 9.17) is 19.9 Å². The average Bonchev–Trinajstić information content (AvgIpc) is 2.34. The molecule has 1 atom stereocenters. The van der Waals surface area contributed by atoms with E-state index in [9.17, 15) is 0 Å². The highest BCUT2D eigenvalue weighted by molar-refractivity contribution is 5.43. The van der Waals surface area contributed by atoms with Crippen molar-refractivity contribution in [3.8, 4) is 11.5 Å². The summed E-state index contributed by atoms with van der Waals surface area (Å²) in [7, 11) is 3.22. The maximum absolute atomic E-state index is 6.10. The molecule has 102 valence electrons. The summed E-state index contributed by atoms with van der Waals surface area (Å²) < 4.78 is 16.1. The van der Waals surface area contributed by atoms with Crippen molar-refractivity contribution in [2.45, 2.75) is 32.4 Å². The van der Waals surface area contributed by atoms with Crippen molar-refractivity contribution in [2.75, 3.05) is 20.8 Å². The highest BCUT2D eigenvalue weighted by Crippen LogP contribution is 2.29. The van der Waals surface area contributed by atoms with E-state index >= 15 is 0 Å². The fraction of sp³-hybridized carbons (Fsp3) is 0.571. The van der Waals surface area contributed by atoms with E-state index in [1.165, 1.54) is 0 Å². The van der Waals surface area contributed by atoms with Crippen LogP contribution in [-0.4, -0.2) is 26.4 Å². The van der Waals surface area contributed by atoms with E-state index in [1.54, 1.807) is 14.2 Å². The van der Waals surface area contributed by atoms with Gasteiger partial charge in [0.05, 0.1) is 32.5 Å². The zero-order valence-corrected chi connectivity index (χ0v) is 11.8. The van der Waals surface area contributed by atoms with Gasteiger partial charge in [0.1, 0.15) is 0 Å². The van der Waals surface area contributed by atoms with Gasteiger partial charge in [-0.2, -0.15) is 0 Å². The summed E-state index contributed by atoms with van der Waals surface area (Å²) in [5.74, 6) is 1.38. The van der Waals surface area contributed by atoms with E-state index in [2.05, 4.69) is 0 Å². The van der Waals surface area contributed by atoms with E-state index in [0.29, 0.717) is 18.1 Å². The Morgan fingerprint density at radius 3 is 2.22 bits per heavy atom. The topological polar surface area (TPSA) is 53.7 Å². The van der Waals surface area contributed by atoms with Gasteiger partial charge in [-0.15, -0.1) is 0 Å². The Morgan fingerprint density at radius 2 is 1.72 bits per heavy atom. The number of ether oxygens (including phenoxy) is 3. The zero-order chi connectivity index (χ0) is 13.8. The van der Waals surface area contributed by atoms with Gasteiger partial charge in [0, 0.05) is 0 Å². The fourth-order valence-electron chi connectivity index (χ4n) is 1.52. The molecule has 0 fully saturated rings. The number of hydrogen-bond acceptors (Lipinski definition) is 4. The maximum Gasteiger partial charge on any atom is 0.161 e. The molecular formula is C14H23NO3. The van der Waals surface area contributed by atoms with Crippen LogP contribution in [0, 0.1) is 0 Å². The SMILES string of the molecule is COc1ccc(C(N)COC(C)(C)C)cc1OC. The summed E-state index contributed by atoms with van der Waals surface area (Å²) >= 11 is 0. The first kappa shape index (κ1) is 14.8. The second-order valence-corrected chi connectivity index (χ2v) is 5.14. The molecule has 0 bridgehead atoms. The number of methoxy groups -OCH3 is 2. The van der Waals surface area contributed by atoms with Gasteiger partial charge >= 0.3 is 0 Å². The summed E-state index contributed by atoms with van der Waals surface area (Å²) in [6, 6.07) is 5.49. The quantitative estimate of drug-likeness (QED) is 0.876. The third kappa shape index (κ3) is 4.20. The molecule has 0 aliphatic heterocycles. The predicted octanol–water partition coefficient (Wildman–Crippen LogP) is 2.52. The van der Waals surface area contributed by atoms with Gasteiger partial charge < -0.3 is 19.9 Å². The van der Waals surface area contributed by atoms with Gasteiger partial charge in [-0.3, -0.25) is 0 Å². The van der Waals surface area contributed by atoms with Crippen molar-refractivity contribution in [2.24, 2.45) is 5.73 Å². The zero-order valence-electron chi connectivity index (χ0n) is 11.8. The van der Waals surface area contributed by atoms with Crippen LogP contribution in [0.1, 0.15) is 32.4 Å². The Bertz CT molecular complexity index is 385. The van der Waals surface area contributed by atoms with Crippen LogP contribution in [-0.2, 0) is 4.74 Å². The molecular weight excluding hydrogens is 230 g/mol. The average molecular weight is 253 g/mol. The Morgan fingerprint density at radius 1 is 1.11 bits per heavy atom. The van der Waals surface area contributed by atoms with Crippen molar-refractivity contribution in [1.82, 2.24) is 0 Å². The highest BCUT2D eigenvalue weighted by atomic mass is 16.5. The Balaban J connectivity index is 2.77. The second kappa shape index (κ2) is 6.07. The number of hydrogen-bond donors (Lipinski definition) is 1. The lowest BCUT2D eigenvalue weighted by Crippen LogP contribution is -2.26. The molecule has 2 N–H and O–H groups in total. The largest absolute Gasteiger partial charge is 0.493 e. The standard InChI is InChI=1S/C14H23NO3/c1-14(2,3)18-9-11(15)10-6-7-12(16-4)13(8-10)17-5/h6-8,11H,9,15H2,1-5H3. The van der Waals surface area contributed by atoms with E-state index in [0.717, 1.165) is 5.56 Å². The van der Waals surface area contributed by atoms with Gasteiger partial charge in [-0.25, -0.2) is 0 Å². The molecule has 0 aliphatic carbocycles. The first-order valence-corrected chi connectivity index (χ1v) is 5.99. The molecule has 18 heavy (non-hydrogen) atoms. The number of nitrogens with two attached hydrogens (primary N) is 1. The van der Waals surface area contributed by atoms with Crippen molar-refractivity contribution in [3.63, 3.8) is 0 Å². The summed E-state index contributed by atoms with van der Waals surface area (Å²) in [5.41, 5.74) is 6.88. The van der Waals surface area contributed by atoms with Crippen LogP contribution in [0.5, 0.6) is 11.5 Å².